The molecule has 1 heterocycles. The third kappa shape index (κ3) is 2.81. The summed E-state index contributed by atoms with van der Waals surface area (Å²) < 4.78 is 10.9. The van der Waals surface area contributed by atoms with Crippen molar-refractivity contribution in [2.45, 2.75) is 19.9 Å². The molecular formula is C12H16N2O3. The van der Waals surface area contributed by atoms with Crippen LogP contribution >= 0.6 is 0 Å². The zero-order valence-electron chi connectivity index (χ0n) is 9.95. The molecule has 1 aromatic rings. The summed E-state index contributed by atoms with van der Waals surface area (Å²) >= 11 is 0. The predicted molar refractivity (Wildman–Crippen MR) is 64.7 cm³/mol. The molecule has 1 aromatic carbocycles. The Morgan fingerprint density at radius 2 is 2.06 bits per heavy atom. The molecule has 0 aromatic heterocycles. The van der Waals surface area contributed by atoms with Gasteiger partial charge in [-0.15, -0.1) is 0 Å². The number of urea groups is 1. The molecule has 17 heavy (non-hydrogen) atoms. The Labute approximate surface area is 100 Å². The zero-order valence-corrected chi connectivity index (χ0v) is 9.95. The summed E-state index contributed by atoms with van der Waals surface area (Å²) in [5, 5.41) is 5.50. The maximum Gasteiger partial charge on any atom is 0.319 e. The third-order valence-electron chi connectivity index (χ3n) is 2.23. The Morgan fingerprint density at radius 1 is 1.29 bits per heavy atom. The van der Waals surface area contributed by atoms with Gasteiger partial charge in [-0.3, -0.25) is 0 Å². The van der Waals surface area contributed by atoms with Crippen LogP contribution < -0.4 is 20.1 Å². The van der Waals surface area contributed by atoms with Gasteiger partial charge in [-0.05, 0) is 26.0 Å². The molecule has 5 nitrogen and oxygen atoms in total. The monoisotopic (exact) mass is 236 g/mol. The largest absolute Gasteiger partial charge is 0.486 e. The van der Waals surface area contributed by atoms with Crippen LogP contribution in [0, 0.1) is 0 Å². The summed E-state index contributed by atoms with van der Waals surface area (Å²) in [5.41, 5.74) is 0.625. The van der Waals surface area contributed by atoms with Crippen molar-refractivity contribution in [1.82, 2.24) is 5.32 Å². The first-order valence-electron chi connectivity index (χ1n) is 5.63. The fraction of sp³-hybridized carbons (Fsp3) is 0.417. The van der Waals surface area contributed by atoms with E-state index in [0.29, 0.717) is 30.4 Å². The summed E-state index contributed by atoms with van der Waals surface area (Å²) in [5.74, 6) is 1.26. The minimum absolute atomic E-state index is 0.0895. The molecule has 0 spiro atoms. The average molecular weight is 236 g/mol. The number of benzene rings is 1. The molecule has 0 bridgehead atoms. The molecule has 0 saturated carbocycles. The molecule has 0 radical (unpaired) electrons. The van der Waals surface area contributed by atoms with Crippen molar-refractivity contribution in [3.63, 3.8) is 0 Å². The van der Waals surface area contributed by atoms with Crippen LogP contribution in [0.1, 0.15) is 13.8 Å². The number of carbonyl (C=O) groups is 1. The molecule has 1 aliphatic rings. The van der Waals surface area contributed by atoms with Gasteiger partial charge in [-0.1, -0.05) is 6.07 Å². The van der Waals surface area contributed by atoms with Crippen LogP contribution in [0.25, 0.3) is 0 Å². The molecule has 2 amide bonds. The van der Waals surface area contributed by atoms with E-state index in [2.05, 4.69) is 10.6 Å². The van der Waals surface area contributed by atoms with Crippen molar-refractivity contribution >= 4 is 11.7 Å². The SMILES string of the molecule is CC(C)NC(=O)Nc1cccc2c1OCCO2. The molecule has 2 N–H and O–H groups in total. The van der Waals surface area contributed by atoms with Gasteiger partial charge in [0.15, 0.2) is 11.5 Å². The van der Waals surface area contributed by atoms with E-state index in [0.717, 1.165) is 0 Å². The van der Waals surface area contributed by atoms with Crippen molar-refractivity contribution in [3.8, 4) is 11.5 Å². The lowest BCUT2D eigenvalue weighted by atomic mass is 10.2. The summed E-state index contributed by atoms with van der Waals surface area (Å²) in [7, 11) is 0. The highest BCUT2D eigenvalue weighted by Gasteiger charge is 2.16. The van der Waals surface area contributed by atoms with Gasteiger partial charge in [0.25, 0.3) is 0 Å². The van der Waals surface area contributed by atoms with Gasteiger partial charge in [0.2, 0.25) is 0 Å². The standard InChI is InChI=1S/C12H16N2O3/c1-8(2)13-12(15)14-9-4-3-5-10-11(9)17-7-6-16-10/h3-5,8H,6-7H2,1-2H3,(H2,13,14,15). The predicted octanol–water partition coefficient (Wildman–Crippen LogP) is 1.99. The van der Waals surface area contributed by atoms with Crippen molar-refractivity contribution in [2.24, 2.45) is 0 Å². The number of hydrogen-bond acceptors (Lipinski definition) is 3. The zero-order chi connectivity index (χ0) is 12.3. The lowest BCUT2D eigenvalue weighted by Crippen LogP contribution is -2.34. The van der Waals surface area contributed by atoms with E-state index in [1.54, 1.807) is 6.07 Å². The summed E-state index contributed by atoms with van der Waals surface area (Å²) in [6.45, 7) is 4.84. The fourth-order valence-electron chi connectivity index (χ4n) is 1.59. The Hall–Kier alpha value is -1.91. The summed E-state index contributed by atoms with van der Waals surface area (Å²) in [6, 6.07) is 5.26. The van der Waals surface area contributed by atoms with E-state index < -0.39 is 0 Å². The topological polar surface area (TPSA) is 59.6 Å². The second-order valence-electron chi connectivity index (χ2n) is 4.08. The van der Waals surface area contributed by atoms with E-state index in [9.17, 15) is 4.79 Å². The highest BCUT2D eigenvalue weighted by Crippen LogP contribution is 2.37. The second kappa shape index (κ2) is 4.95. The molecule has 0 atom stereocenters. The van der Waals surface area contributed by atoms with Crippen LogP contribution in [0.2, 0.25) is 0 Å². The third-order valence-corrected chi connectivity index (χ3v) is 2.23. The molecule has 0 fully saturated rings. The average Bonchev–Trinajstić information content (AvgIpc) is 2.28. The number of hydrogen-bond donors (Lipinski definition) is 2. The Balaban J connectivity index is 2.13. The van der Waals surface area contributed by atoms with Crippen LogP contribution in [-0.2, 0) is 0 Å². The van der Waals surface area contributed by atoms with E-state index in [4.69, 9.17) is 9.47 Å². The van der Waals surface area contributed by atoms with Gasteiger partial charge in [-0.25, -0.2) is 4.79 Å². The summed E-state index contributed by atoms with van der Waals surface area (Å²) in [6.07, 6.45) is 0. The lowest BCUT2D eigenvalue weighted by Gasteiger charge is -2.21. The first-order valence-corrected chi connectivity index (χ1v) is 5.63. The van der Waals surface area contributed by atoms with E-state index in [1.165, 1.54) is 0 Å². The Bertz CT molecular complexity index is 418. The van der Waals surface area contributed by atoms with Crippen molar-refractivity contribution in [2.75, 3.05) is 18.5 Å². The molecular weight excluding hydrogens is 220 g/mol. The van der Waals surface area contributed by atoms with Gasteiger partial charge in [0, 0.05) is 6.04 Å². The maximum absolute atomic E-state index is 11.6. The van der Waals surface area contributed by atoms with Crippen molar-refractivity contribution in [3.05, 3.63) is 18.2 Å². The van der Waals surface area contributed by atoms with E-state index in [-0.39, 0.29) is 12.1 Å². The molecule has 1 aliphatic heterocycles. The van der Waals surface area contributed by atoms with Crippen LogP contribution in [0.3, 0.4) is 0 Å². The number of carbonyl (C=O) groups excluding carboxylic acids is 1. The number of para-hydroxylation sites is 1. The first kappa shape index (κ1) is 11.6. The molecule has 0 saturated heterocycles. The van der Waals surface area contributed by atoms with Gasteiger partial charge >= 0.3 is 6.03 Å². The Morgan fingerprint density at radius 3 is 2.82 bits per heavy atom. The highest BCUT2D eigenvalue weighted by atomic mass is 16.6. The number of ether oxygens (including phenoxy) is 2. The minimum atomic E-state index is -0.248. The van der Waals surface area contributed by atoms with E-state index >= 15 is 0 Å². The van der Waals surface area contributed by atoms with E-state index in [1.807, 2.05) is 26.0 Å². The van der Waals surface area contributed by atoms with Crippen molar-refractivity contribution < 1.29 is 14.3 Å². The number of rotatable bonds is 2. The first-order chi connectivity index (χ1) is 8.16. The maximum atomic E-state index is 11.6. The van der Waals surface area contributed by atoms with Crippen LogP contribution in [0.5, 0.6) is 11.5 Å². The van der Waals surface area contributed by atoms with Gasteiger partial charge in [0.1, 0.15) is 13.2 Å². The smallest absolute Gasteiger partial charge is 0.319 e. The number of anilines is 1. The van der Waals surface area contributed by atoms with Gasteiger partial charge < -0.3 is 20.1 Å². The molecule has 92 valence electrons. The molecule has 0 unspecified atom stereocenters. The van der Waals surface area contributed by atoms with Crippen molar-refractivity contribution in [1.29, 1.82) is 0 Å². The van der Waals surface area contributed by atoms with Crippen LogP contribution in [0.15, 0.2) is 18.2 Å². The molecule has 2 rings (SSSR count). The van der Waals surface area contributed by atoms with Gasteiger partial charge in [-0.2, -0.15) is 0 Å². The van der Waals surface area contributed by atoms with Crippen LogP contribution in [0.4, 0.5) is 10.5 Å². The highest BCUT2D eigenvalue weighted by molar-refractivity contribution is 5.91. The number of nitrogens with one attached hydrogen (secondary N) is 2. The van der Waals surface area contributed by atoms with Gasteiger partial charge in [0.05, 0.1) is 5.69 Å². The Kier molecular flexibility index (Phi) is 3.37. The summed E-state index contributed by atoms with van der Waals surface area (Å²) in [4.78, 5) is 11.6. The normalized spacial score (nSPS) is 13.4. The quantitative estimate of drug-likeness (QED) is 0.825. The lowest BCUT2D eigenvalue weighted by molar-refractivity contribution is 0.172. The fourth-order valence-corrected chi connectivity index (χ4v) is 1.59. The molecule has 5 heteroatoms. The van der Waals surface area contributed by atoms with Crippen LogP contribution in [-0.4, -0.2) is 25.3 Å². The second-order valence-corrected chi connectivity index (χ2v) is 4.08. The number of amides is 2. The minimum Gasteiger partial charge on any atom is -0.486 e. The number of fused-ring (bicyclic) bond motifs is 1. The molecule has 0 aliphatic carbocycles.